The first-order valence-corrected chi connectivity index (χ1v) is 21.9. The maximum absolute atomic E-state index is 5.23. The largest absolute Gasteiger partial charge is 0.309 e. The fourth-order valence-electron chi connectivity index (χ4n) is 10.1. The molecule has 4 heterocycles. The highest BCUT2D eigenvalue weighted by Gasteiger charge is 2.21. The third-order valence-corrected chi connectivity index (χ3v) is 12.9. The Balaban J connectivity index is 1.05. The fraction of sp³-hybridized carbons (Fsp3) is 0.0169. The SMILES string of the molecule is c1ccc(-c2cc(Cc3ccccc3-n3c4ccc(-n5c6ccccc6c6ccccc65)cc4c4cc(-n5c6ccccc6c6ccccc65)ccc43)nc(-c3ccccc3)n2)cc1. The van der Waals surface area contributed by atoms with E-state index >= 15 is 0 Å². The van der Waals surface area contributed by atoms with E-state index in [1.165, 1.54) is 59.9 Å². The molecular weight excluding hydrogens is 779 g/mol. The number of nitrogens with zero attached hydrogens (tertiary/aromatic N) is 5. The van der Waals surface area contributed by atoms with Crippen LogP contribution in [0, 0.1) is 0 Å². The van der Waals surface area contributed by atoms with E-state index in [1.54, 1.807) is 0 Å². The van der Waals surface area contributed by atoms with Crippen molar-refractivity contribution in [3.8, 4) is 39.7 Å². The molecule has 13 rings (SSSR count). The van der Waals surface area contributed by atoms with Crippen molar-refractivity contribution in [1.29, 1.82) is 0 Å². The first-order chi connectivity index (χ1) is 31.7. The molecule has 64 heavy (non-hydrogen) atoms. The van der Waals surface area contributed by atoms with Gasteiger partial charge in [0.05, 0.1) is 38.8 Å². The molecule has 0 aliphatic carbocycles. The average molecular weight is 818 g/mol. The maximum atomic E-state index is 5.23. The van der Waals surface area contributed by atoms with Crippen molar-refractivity contribution in [2.45, 2.75) is 6.42 Å². The highest BCUT2D eigenvalue weighted by Crippen LogP contribution is 2.40. The van der Waals surface area contributed by atoms with Gasteiger partial charge in [0.25, 0.3) is 0 Å². The first kappa shape index (κ1) is 36.1. The summed E-state index contributed by atoms with van der Waals surface area (Å²) in [5.41, 5.74) is 15.5. The highest BCUT2D eigenvalue weighted by molar-refractivity contribution is 6.14. The molecule has 0 saturated carbocycles. The third kappa shape index (κ3) is 5.71. The van der Waals surface area contributed by atoms with Crippen LogP contribution in [0.4, 0.5) is 0 Å². The minimum atomic E-state index is 0.623. The Kier molecular flexibility index (Phi) is 8.21. The lowest BCUT2D eigenvalue weighted by molar-refractivity contribution is 1.02. The predicted molar refractivity (Wildman–Crippen MR) is 265 cm³/mol. The van der Waals surface area contributed by atoms with E-state index < -0.39 is 0 Å². The minimum absolute atomic E-state index is 0.623. The Morgan fingerprint density at radius 2 is 0.734 bits per heavy atom. The molecule has 0 aliphatic rings. The number of rotatable bonds is 7. The molecule has 0 radical (unpaired) electrons. The number of hydrogen-bond donors (Lipinski definition) is 0. The van der Waals surface area contributed by atoms with E-state index in [0.29, 0.717) is 6.42 Å². The van der Waals surface area contributed by atoms with Crippen LogP contribution in [0.15, 0.2) is 224 Å². The van der Waals surface area contributed by atoms with Gasteiger partial charge in [-0.3, -0.25) is 0 Å². The minimum Gasteiger partial charge on any atom is -0.309 e. The van der Waals surface area contributed by atoms with E-state index in [0.717, 1.165) is 56.4 Å². The van der Waals surface area contributed by atoms with Crippen molar-refractivity contribution < 1.29 is 0 Å². The molecule has 0 amide bonds. The van der Waals surface area contributed by atoms with Crippen LogP contribution in [0.3, 0.4) is 0 Å². The Bertz CT molecular complexity index is 3590. The van der Waals surface area contributed by atoms with Crippen molar-refractivity contribution in [2.24, 2.45) is 0 Å². The van der Waals surface area contributed by atoms with Gasteiger partial charge in [-0.05, 0) is 78.4 Å². The molecule has 9 aromatic carbocycles. The lowest BCUT2D eigenvalue weighted by atomic mass is 10.0. The Hall–Kier alpha value is -8.54. The van der Waals surface area contributed by atoms with E-state index in [1.807, 2.05) is 24.3 Å². The van der Waals surface area contributed by atoms with Crippen molar-refractivity contribution in [2.75, 3.05) is 0 Å². The molecular formula is C59H39N5. The fourth-order valence-corrected chi connectivity index (χ4v) is 10.1. The summed E-state index contributed by atoms with van der Waals surface area (Å²) in [4.78, 5) is 10.3. The molecule has 0 spiro atoms. The van der Waals surface area contributed by atoms with Gasteiger partial charge in [0.15, 0.2) is 5.82 Å². The van der Waals surface area contributed by atoms with Crippen LogP contribution in [0.1, 0.15) is 11.3 Å². The van der Waals surface area contributed by atoms with Crippen molar-refractivity contribution >= 4 is 65.4 Å². The van der Waals surface area contributed by atoms with Crippen LogP contribution in [0.2, 0.25) is 0 Å². The standard InChI is InChI=1S/C59H39N5/c1-3-17-39(18-4-1)51-36-42(60-59(61-51)40-19-5-2-6-20-40)35-41-21-7-12-26-52(41)64-57-33-31-43(62-53-27-13-8-22-45(53)46-23-9-14-28-54(46)62)37-49(57)50-38-44(32-34-58(50)64)63-55-29-15-10-24-47(55)48-25-11-16-30-56(48)63/h1-34,36-38H,35H2. The summed E-state index contributed by atoms with van der Waals surface area (Å²) in [5.74, 6) is 0.724. The van der Waals surface area contributed by atoms with Gasteiger partial charge in [0.2, 0.25) is 0 Å². The van der Waals surface area contributed by atoms with Gasteiger partial charge in [-0.15, -0.1) is 0 Å². The van der Waals surface area contributed by atoms with Crippen LogP contribution in [-0.4, -0.2) is 23.7 Å². The molecule has 13 aromatic rings. The Morgan fingerprint density at radius 3 is 1.25 bits per heavy atom. The molecule has 0 fully saturated rings. The molecule has 0 saturated heterocycles. The summed E-state index contributed by atoms with van der Waals surface area (Å²) in [6, 6.07) is 80.6. The van der Waals surface area contributed by atoms with Gasteiger partial charge >= 0.3 is 0 Å². The third-order valence-electron chi connectivity index (χ3n) is 12.9. The predicted octanol–water partition coefficient (Wildman–Crippen LogP) is 14.7. The van der Waals surface area contributed by atoms with Crippen molar-refractivity contribution in [3.05, 3.63) is 236 Å². The second kappa shape index (κ2) is 14.5. The van der Waals surface area contributed by atoms with Crippen LogP contribution < -0.4 is 0 Å². The smallest absolute Gasteiger partial charge is 0.160 e. The summed E-state index contributed by atoms with van der Waals surface area (Å²) >= 11 is 0. The number of fused-ring (bicyclic) bond motifs is 9. The topological polar surface area (TPSA) is 40.6 Å². The van der Waals surface area contributed by atoms with E-state index in [2.05, 4.69) is 214 Å². The molecule has 0 unspecified atom stereocenters. The summed E-state index contributed by atoms with van der Waals surface area (Å²) in [6.45, 7) is 0. The Labute approximate surface area is 369 Å². The van der Waals surface area contributed by atoms with E-state index in [9.17, 15) is 0 Å². The molecule has 5 heteroatoms. The lowest BCUT2D eigenvalue weighted by Gasteiger charge is -2.15. The Morgan fingerprint density at radius 1 is 0.312 bits per heavy atom. The number of aromatic nitrogens is 5. The van der Waals surface area contributed by atoms with Crippen LogP contribution in [0.5, 0.6) is 0 Å². The number of para-hydroxylation sites is 5. The van der Waals surface area contributed by atoms with E-state index in [4.69, 9.17) is 9.97 Å². The van der Waals surface area contributed by atoms with Gasteiger partial charge in [0.1, 0.15) is 0 Å². The molecule has 0 bridgehead atoms. The summed E-state index contributed by atoms with van der Waals surface area (Å²) in [7, 11) is 0. The molecule has 300 valence electrons. The van der Waals surface area contributed by atoms with E-state index in [-0.39, 0.29) is 0 Å². The summed E-state index contributed by atoms with van der Waals surface area (Å²) in [6.07, 6.45) is 0.623. The first-order valence-electron chi connectivity index (χ1n) is 21.9. The van der Waals surface area contributed by atoms with Gasteiger partial charge < -0.3 is 13.7 Å². The zero-order valence-corrected chi connectivity index (χ0v) is 34.8. The second-order valence-corrected chi connectivity index (χ2v) is 16.6. The van der Waals surface area contributed by atoms with Crippen molar-refractivity contribution in [3.63, 3.8) is 0 Å². The highest BCUT2D eigenvalue weighted by atomic mass is 15.0. The average Bonchev–Trinajstić information content (AvgIpc) is 4.00. The quantitative estimate of drug-likeness (QED) is 0.161. The van der Waals surface area contributed by atoms with Crippen LogP contribution in [0.25, 0.3) is 105 Å². The van der Waals surface area contributed by atoms with Crippen LogP contribution in [-0.2, 0) is 6.42 Å². The van der Waals surface area contributed by atoms with Crippen LogP contribution >= 0.6 is 0 Å². The monoisotopic (exact) mass is 817 g/mol. The molecule has 5 nitrogen and oxygen atoms in total. The lowest BCUT2D eigenvalue weighted by Crippen LogP contribution is -2.04. The second-order valence-electron chi connectivity index (χ2n) is 16.6. The zero-order valence-electron chi connectivity index (χ0n) is 34.8. The number of hydrogen-bond acceptors (Lipinski definition) is 2. The molecule has 4 aromatic heterocycles. The molecule has 0 aliphatic heterocycles. The normalized spacial score (nSPS) is 11.8. The molecule has 0 atom stereocenters. The van der Waals surface area contributed by atoms with Gasteiger partial charge in [-0.1, -0.05) is 152 Å². The maximum Gasteiger partial charge on any atom is 0.160 e. The van der Waals surface area contributed by atoms with Gasteiger partial charge in [0, 0.05) is 72.6 Å². The van der Waals surface area contributed by atoms with Gasteiger partial charge in [-0.2, -0.15) is 0 Å². The summed E-state index contributed by atoms with van der Waals surface area (Å²) < 4.78 is 7.30. The summed E-state index contributed by atoms with van der Waals surface area (Å²) in [5, 5.41) is 7.37. The van der Waals surface area contributed by atoms with Gasteiger partial charge in [-0.25, -0.2) is 9.97 Å². The zero-order chi connectivity index (χ0) is 42.1. The van der Waals surface area contributed by atoms with Crippen molar-refractivity contribution in [1.82, 2.24) is 23.7 Å². The number of benzene rings is 9. The molecule has 0 N–H and O–H groups in total.